The van der Waals surface area contributed by atoms with Crippen molar-refractivity contribution >= 4 is 5.82 Å². The maximum atomic E-state index is 12.0. The van der Waals surface area contributed by atoms with Crippen LogP contribution in [-0.4, -0.2) is 37.5 Å². The van der Waals surface area contributed by atoms with Crippen molar-refractivity contribution < 1.29 is 17.9 Å². The predicted octanol–water partition coefficient (Wildman–Crippen LogP) is 1.39. The summed E-state index contributed by atoms with van der Waals surface area (Å²) in [4.78, 5) is 6.04. The van der Waals surface area contributed by atoms with Gasteiger partial charge in [-0.2, -0.15) is 0 Å². The van der Waals surface area contributed by atoms with Gasteiger partial charge in [-0.1, -0.05) is 0 Å². The van der Waals surface area contributed by atoms with E-state index in [0.717, 1.165) is 32.4 Å². The molecule has 1 aromatic heterocycles. The third-order valence-electron chi connectivity index (χ3n) is 3.33. The molecule has 7 heteroatoms. The van der Waals surface area contributed by atoms with Crippen LogP contribution in [0.1, 0.15) is 0 Å². The molecule has 1 N–H and O–H groups in total. The highest BCUT2D eigenvalue weighted by Gasteiger charge is 2.47. The zero-order chi connectivity index (χ0) is 12.8. The number of rotatable bonds is 2. The van der Waals surface area contributed by atoms with Crippen LogP contribution < -0.4 is 15.0 Å². The van der Waals surface area contributed by atoms with Crippen molar-refractivity contribution in [3.05, 3.63) is 18.3 Å². The number of aromatic nitrogens is 1. The molecular weight excluding hydrogens is 247 g/mol. The normalized spacial score (nSPS) is 21.4. The number of halogens is 3. The molecule has 3 rings (SSSR count). The second kappa shape index (κ2) is 3.74. The summed E-state index contributed by atoms with van der Waals surface area (Å²) in [5.74, 6) is 0.411. The molecule has 2 aliphatic rings. The van der Waals surface area contributed by atoms with E-state index in [0.29, 0.717) is 11.2 Å². The molecular formula is C11H12F3N3O. The minimum atomic E-state index is -4.67. The quantitative estimate of drug-likeness (QED) is 0.871. The summed E-state index contributed by atoms with van der Waals surface area (Å²) in [7, 11) is 0. The summed E-state index contributed by atoms with van der Waals surface area (Å²) in [6.07, 6.45) is -3.56. The number of alkyl halides is 3. The Morgan fingerprint density at radius 2 is 2.00 bits per heavy atom. The second-order valence-corrected chi connectivity index (χ2v) is 4.86. The summed E-state index contributed by atoms with van der Waals surface area (Å²) in [5, 5.41) is 3.22. The highest BCUT2D eigenvalue weighted by atomic mass is 19.4. The van der Waals surface area contributed by atoms with Crippen molar-refractivity contribution in [2.24, 2.45) is 5.41 Å². The van der Waals surface area contributed by atoms with Crippen molar-refractivity contribution in [3.63, 3.8) is 0 Å². The fourth-order valence-corrected chi connectivity index (χ4v) is 2.38. The topological polar surface area (TPSA) is 37.4 Å². The first-order valence-corrected chi connectivity index (χ1v) is 5.63. The highest BCUT2D eigenvalue weighted by Crippen LogP contribution is 2.36. The van der Waals surface area contributed by atoms with Crippen molar-refractivity contribution in [2.75, 3.05) is 31.1 Å². The first-order chi connectivity index (χ1) is 8.46. The van der Waals surface area contributed by atoms with Crippen LogP contribution in [0.15, 0.2) is 18.3 Å². The molecule has 0 unspecified atom stereocenters. The van der Waals surface area contributed by atoms with E-state index in [1.54, 1.807) is 6.07 Å². The van der Waals surface area contributed by atoms with Gasteiger partial charge >= 0.3 is 6.36 Å². The second-order valence-electron chi connectivity index (χ2n) is 4.86. The van der Waals surface area contributed by atoms with E-state index in [1.165, 1.54) is 6.07 Å². The van der Waals surface area contributed by atoms with E-state index >= 15 is 0 Å². The molecule has 3 heterocycles. The highest BCUT2D eigenvalue weighted by molar-refractivity contribution is 5.45. The number of anilines is 1. The van der Waals surface area contributed by atoms with Crippen molar-refractivity contribution in [1.29, 1.82) is 0 Å². The molecule has 2 aliphatic heterocycles. The van der Waals surface area contributed by atoms with Gasteiger partial charge in [0.15, 0.2) is 0 Å². The van der Waals surface area contributed by atoms with Crippen LogP contribution in [0.5, 0.6) is 5.75 Å². The molecule has 0 aromatic carbocycles. The SMILES string of the molecule is FC(F)(F)Oc1ccc(N2CC3(CNC3)C2)nc1. The van der Waals surface area contributed by atoms with E-state index < -0.39 is 6.36 Å². The maximum absolute atomic E-state index is 12.0. The summed E-state index contributed by atoms with van der Waals surface area (Å²) in [6.45, 7) is 3.84. The number of nitrogens with zero attached hydrogens (tertiary/aromatic N) is 2. The van der Waals surface area contributed by atoms with Gasteiger partial charge in [0.25, 0.3) is 0 Å². The largest absolute Gasteiger partial charge is 0.573 e. The lowest BCUT2D eigenvalue weighted by Gasteiger charge is -2.56. The average molecular weight is 259 g/mol. The van der Waals surface area contributed by atoms with E-state index in [-0.39, 0.29) is 5.75 Å². The fraction of sp³-hybridized carbons (Fsp3) is 0.545. The van der Waals surface area contributed by atoms with Gasteiger partial charge in [0, 0.05) is 31.6 Å². The first-order valence-electron chi connectivity index (χ1n) is 5.63. The van der Waals surface area contributed by atoms with Gasteiger partial charge in [-0.15, -0.1) is 13.2 Å². The molecule has 1 spiro atoms. The fourth-order valence-electron chi connectivity index (χ4n) is 2.38. The van der Waals surface area contributed by atoms with Crippen LogP contribution in [0.4, 0.5) is 19.0 Å². The zero-order valence-electron chi connectivity index (χ0n) is 9.50. The van der Waals surface area contributed by atoms with Gasteiger partial charge in [0.2, 0.25) is 0 Å². The molecule has 4 nitrogen and oxygen atoms in total. The molecule has 18 heavy (non-hydrogen) atoms. The Balaban J connectivity index is 1.62. The summed E-state index contributed by atoms with van der Waals surface area (Å²) in [5.41, 5.74) is 0.364. The molecule has 0 atom stereocenters. The van der Waals surface area contributed by atoms with Crippen LogP contribution in [-0.2, 0) is 0 Å². The van der Waals surface area contributed by atoms with Crippen LogP contribution in [0.3, 0.4) is 0 Å². The zero-order valence-corrected chi connectivity index (χ0v) is 9.50. The van der Waals surface area contributed by atoms with Crippen LogP contribution in [0, 0.1) is 5.41 Å². The van der Waals surface area contributed by atoms with Gasteiger partial charge in [0.05, 0.1) is 6.20 Å². The smallest absolute Gasteiger partial charge is 0.404 e. The molecule has 0 radical (unpaired) electrons. The minimum Gasteiger partial charge on any atom is -0.404 e. The van der Waals surface area contributed by atoms with Crippen molar-refractivity contribution in [1.82, 2.24) is 10.3 Å². The van der Waals surface area contributed by atoms with Gasteiger partial charge in [-0.25, -0.2) is 4.98 Å². The van der Waals surface area contributed by atoms with Gasteiger partial charge in [0.1, 0.15) is 11.6 Å². The summed E-state index contributed by atoms with van der Waals surface area (Å²) in [6, 6.07) is 2.85. The van der Waals surface area contributed by atoms with E-state index in [2.05, 4.69) is 19.9 Å². The lowest BCUT2D eigenvalue weighted by molar-refractivity contribution is -0.274. The number of hydrogen-bond acceptors (Lipinski definition) is 4. The number of hydrogen-bond donors (Lipinski definition) is 1. The Bertz CT molecular complexity index is 434. The lowest BCUT2D eigenvalue weighted by atomic mass is 9.74. The first kappa shape index (κ1) is 11.6. The Kier molecular flexibility index (Phi) is 2.41. The van der Waals surface area contributed by atoms with Gasteiger partial charge < -0.3 is 15.0 Å². The summed E-state index contributed by atoms with van der Waals surface area (Å²) >= 11 is 0. The molecule has 1 aromatic rings. The van der Waals surface area contributed by atoms with Crippen molar-refractivity contribution in [2.45, 2.75) is 6.36 Å². The third-order valence-corrected chi connectivity index (χ3v) is 3.33. The number of pyridine rings is 1. The Morgan fingerprint density at radius 3 is 2.44 bits per heavy atom. The predicted molar refractivity (Wildman–Crippen MR) is 58.4 cm³/mol. The molecule has 0 saturated carbocycles. The van der Waals surface area contributed by atoms with Gasteiger partial charge in [-0.05, 0) is 12.1 Å². The van der Waals surface area contributed by atoms with Gasteiger partial charge in [-0.3, -0.25) is 0 Å². The Hall–Kier alpha value is -1.50. The van der Waals surface area contributed by atoms with Crippen LogP contribution >= 0.6 is 0 Å². The lowest BCUT2D eigenvalue weighted by Crippen LogP contribution is -2.71. The molecule has 2 fully saturated rings. The average Bonchev–Trinajstić information content (AvgIpc) is 2.13. The number of nitrogens with one attached hydrogen (secondary N) is 1. The Labute approximate surface area is 102 Å². The molecule has 0 amide bonds. The van der Waals surface area contributed by atoms with Crippen molar-refractivity contribution in [3.8, 4) is 5.75 Å². The molecule has 98 valence electrons. The molecule has 0 aliphatic carbocycles. The Morgan fingerprint density at radius 1 is 1.28 bits per heavy atom. The molecule has 2 saturated heterocycles. The number of ether oxygens (including phenoxy) is 1. The maximum Gasteiger partial charge on any atom is 0.573 e. The van der Waals surface area contributed by atoms with E-state index in [9.17, 15) is 13.2 Å². The standard InChI is InChI=1S/C11H12F3N3O/c12-11(13,14)18-8-1-2-9(16-3-8)17-6-10(7-17)4-15-5-10/h1-3,15H,4-7H2. The monoisotopic (exact) mass is 259 g/mol. The van der Waals surface area contributed by atoms with Crippen LogP contribution in [0.25, 0.3) is 0 Å². The molecule has 0 bridgehead atoms. The van der Waals surface area contributed by atoms with E-state index in [1.807, 2.05) is 0 Å². The third kappa shape index (κ3) is 2.10. The minimum absolute atomic E-state index is 0.285. The van der Waals surface area contributed by atoms with E-state index in [4.69, 9.17) is 0 Å². The summed E-state index contributed by atoms with van der Waals surface area (Å²) < 4.78 is 39.7. The van der Waals surface area contributed by atoms with Crippen LogP contribution in [0.2, 0.25) is 0 Å².